The molecule has 7 aromatic rings. The second-order valence-electron chi connectivity index (χ2n) is 9.92. The van der Waals surface area contributed by atoms with Crippen LogP contribution in [0.15, 0.2) is 116 Å². The third-order valence-corrected chi connectivity index (χ3v) is 7.34. The summed E-state index contributed by atoms with van der Waals surface area (Å²) in [6, 6.07) is 35.2. The fraction of sp³-hybridized carbons (Fsp3) is 0.0571. The Kier molecular flexibility index (Phi) is 5.82. The zero-order valence-corrected chi connectivity index (χ0v) is 22.2. The predicted molar refractivity (Wildman–Crippen MR) is 162 cm³/mol. The molecule has 7 rings (SSSR count). The van der Waals surface area contributed by atoms with Crippen LogP contribution in [0.1, 0.15) is 11.1 Å². The molecule has 0 amide bonds. The molecule has 0 fully saturated rings. The molecule has 40 heavy (non-hydrogen) atoms. The zero-order chi connectivity index (χ0) is 27.1. The number of nitrogens with zero attached hydrogens (tertiary/aromatic N) is 5. The molecule has 0 aliphatic rings. The lowest BCUT2D eigenvalue weighted by atomic mass is 9.99. The Hall–Kier alpha value is -5.29. The standard InChI is InChI=1S/C35H25N5/c1-22-16-18-30(28-14-8-6-12-26(22)28)34-38-33(25-20-36-32(37-21-25)24-10-4-3-5-11-24)39-35(40-34)31-19-17-23(2)27-13-7-9-15-29(27)31/h3-21H,1-2H3. The highest BCUT2D eigenvalue weighted by molar-refractivity contribution is 5.99. The Morgan fingerprint density at radius 1 is 0.375 bits per heavy atom. The topological polar surface area (TPSA) is 64.5 Å². The van der Waals surface area contributed by atoms with E-state index < -0.39 is 0 Å². The van der Waals surface area contributed by atoms with Gasteiger partial charge in [0.05, 0.1) is 5.56 Å². The second-order valence-corrected chi connectivity index (χ2v) is 9.92. The van der Waals surface area contributed by atoms with Gasteiger partial charge in [-0.25, -0.2) is 24.9 Å². The Morgan fingerprint density at radius 2 is 0.825 bits per heavy atom. The summed E-state index contributed by atoms with van der Waals surface area (Å²) in [6.07, 6.45) is 3.58. The predicted octanol–water partition coefficient (Wildman–Crippen LogP) is 8.25. The van der Waals surface area contributed by atoms with Crippen molar-refractivity contribution < 1.29 is 0 Å². The normalized spacial score (nSPS) is 11.2. The van der Waals surface area contributed by atoms with Gasteiger partial charge >= 0.3 is 0 Å². The summed E-state index contributed by atoms with van der Waals surface area (Å²) in [6.45, 7) is 4.25. The summed E-state index contributed by atoms with van der Waals surface area (Å²) in [5, 5.41) is 4.57. The summed E-state index contributed by atoms with van der Waals surface area (Å²) in [7, 11) is 0. The Morgan fingerprint density at radius 3 is 1.35 bits per heavy atom. The number of rotatable bonds is 4. The number of hydrogen-bond donors (Lipinski definition) is 0. The molecule has 5 aromatic carbocycles. The summed E-state index contributed by atoms with van der Waals surface area (Å²) in [5.74, 6) is 2.43. The van der Waals surface area contributed by atoms with E-state index in [9.17, 15) is 0 Å². The van der Waals surface area contributed by atoms with Crippen LogP contribution in [-0.4, -0.2) is 24.9 Å². The highest BCUT2D eigenvalue weighted by Gasteiger charge is 2.17. The minimum atomic E-state index is 0.536. The maximum atomic E-state index is 5.06. The van der Waals surface area contributed by atoms with Crippen molar-refractivity contribution in [2.75, 3.05) is 0 Å². The van der Waals surface area contributed by atoms with E-state index in [0.717, 1.165) is 33.0 Å². The van der Waals surface area contributed by atoms with Crippen molar-refractivity contribution >= 4 is 21.5 Å². The van der Waals surface area contributed by atoms with Crippen molar-refractivity contribution in [3.05, 3.63) is 127 Å². The number of fused-ring (bicyclic) bond motifs is 2. The molecular weight excluding hydrogens is 490 g/mol. The minimum Gasteiger partial charge on any atom is -0.236 e. The number of benzene rings is 5. The highest BCUT2D eigenvalue weighted by Crippen LogP contribution is 2.34. The van der Waals surface area contributed by atoms with Crippen molar-refractivity contribution in [1.29, 1.82) is 0 Å². The molecule has 0 saturated heterocycles. The molecule has 2 heterocycles. The lowest BCUT2D eigenvalue weighted by molar-refractivity contribution is 1.06. The van der Waals surface area contributed by atoms with Crippen LogP contribution in [0.5, 0.6) is 0 Å². The molecule has 0 atom stereocenters. The van der Waals surface area contributed by atoms with Gasteiger partial charge in [0.2, 0.25) is 0 Å². The van der Waals surface area contributed by atoms with Gasteiger partial charge in [-0.15, -0.1) is 0 Å². The molecule has 5 heteroatoms. The third kappa shape index (κ3) is 4.18. The second kappa shape index (κ2) is 9.79. The smallest absolute Gasteiger partial charge is 0.167 e. The van der Waals surface area contributed by atoms with Crippen LogP contribution in [0.4, 0.5) is 0 Å². The van der Waals surface area contributed by atoms with Gasteiger partial charge in [0.1, 0.15) is 0 Å². The van der Waals surface area contributed by atoms with Gasteiger partial charge < -0.3 is 0 Å². The number of hydrogen-bond acceptors (Lipinski definition) is 5. The van der Waals surface area contributed by atoms with Gasteiger partial charge in [0.15, 0.2) is 23.3 Å². The van der Waals surface area contributed by atoms with Crippen LogP contribution in [-0.2, 0) is 0 Å². The maximum absolute atomic E-state index is 5.06. The SMILES string of the molecule is Cc1ccc(-c2nc(-c3cnc(-c4ccccc4)nc3)nc(-c3ccc(C)c4ccccc34)n2)c2ccccc12. The lowest BCUT2D eigenvalue weighted by Gasteiger charge is -2.13. The van der Waals surface area contributed by atoms with Gasteiger partial charge in [0, 0.05) is 29.1 Å². The Bertz CT molecular complexity index is 1910. The Balaban J connectivity index is 1.46. The molecule has 0 aliphatic carbocycles. The van der Waals surface area contributed by atoms with Crippen LogP contribution in [0.3, 0.4) is 0 Å². The maximum Gasteiger partial charge on any atom is 0.167 e. The van der Waals surface area contributed by atoms with E-state index >= 15 is 0 Å². The first-order valence-corrected chi connectivity index (χ1v) is 13.3. The molecular formula is C35H25N5. The van der Waals surface area contributed by atoms with Gasteiger partial charge in [0.25, 0.3) is 0 Å². The fourth-order valence-corrected chi connectivity index (χ4v) is 5.22. The summed E-state index contributed by atoms with van der Waals surface area (Å²) in [5.41, 5.74) is 6.04. The third-order valence-electron chi connectivity index (χ3n) is 7.34. The van der Waals surface area contributed by atoms with Gasteiger partial charge in [-0.05, 0) is 46.5 Å². The van der Waals surface area contributed by atoms with E-state index in [-0.39, 0.29) is 0 Å². The van der Waals surface area contributed by atoms with Crippen molar-refractivity contribution in [2.45, 2.75) is 13.8 Å². The summed E-state index contributed by atoms with van der Waals surface area (Å²) < 4.78 is 0. The fourth-order valence-electron chi connectivity index (χ4n) is 5.22. The quantitative estimate of drug-likeness (QED) is 0.236. The number of aromatic nitrogens is 5. The van der Waals surface area contributed by atoms with E-state index in [4.69, 9.17) is 15.0 Å². The average Bonchev–Trinajstić information content (AvgIpc) is 3.02. The van der Waals surface area contributed by atoms with Crippen LogP contribution in [0.25, 0.3) is 67.1 Å². The molecule has 0 N–H and O–H groups in total. The first-order valence-electron chi connectivity index (χ1n) is 13.3. The van der Waals surface area contributed by atoms with Gasteiger partial charge in [-0.3, -0.25) is 0 Å². The minimum absolute atomic E-state index is 0.536. The Labute approximate surface area is 232 Å². The molecule has 0 bridgehead atoms. The first-order chi connectivity index (χ1) is 19.7. The van der Waals surface area contributed by atoms with Crippen LogP contribution in [0, 0.1) is 13.8 Å². The van der Waals surface area contributed by atoms with E-state index in [1.54, 1.807) is 12.4 Å². The average molecular weight is 516 g/mol. The van der Waals surface area contributed by atoms with Crippen LogP contribution < -0.4 is 0 Å². The van der Waals surface area contributed by atoms with E-state index in [1.165, 1.54) is 21.9 Å². The molecule has 0 aliphatic heterocycles. The van der Waals surface area contributed by atoms with Gasteiger partial charge in [-0.2, -0.15) is 0 Å². The van der Waals surface area contributed by atoms with E-state index in [1.807, 2.05) is 30.3 Å². The molecule has 2 aromatic heterocycles. The molecule has 0 saturated carbocycles. The van der Waals surface area contributed by atoms with E-state index in [0.29, 0.717) is 23.3 Å². The van der Waals surface area contributed by atoms with E-state index in [2.05, 4.69) is 96.6 Å². The lowest BCUT2D eigenvalue weighted by Crippen LogP contribution is -2.02. The first kappa shape index (κ1) is 23.8. The zero-order valence-electron chi connectivity index (χ0n) is 22.2. The van der Waals surface area contributed by atoms with Crippen molar-refractivity contribution in [1.82, 2.24) is 24.9 Å². The largest absolute Gasteiger partial charge is 0.236 e. The molecule has 5 nitrogen and oxygen atoms in total. The van der Waals surface area contributed by atoms with Crippen LogP contribution in [0.2, 0.25) is 0 Å². The van der Waals surface area contributed by atoms with Crippen LogP contribution >= 0.6 is 0 Å². The summed E-state index contributed by atoms with van der Waals surface area (Å²) in [4.78, 5) is 24.3. The highest BCUT2D eigenvalue weighted by atomic mass is 15.0. The van der Waals surface area contributed by atoms with Crippen molar-refractivity contribution in [3.63, 3.8) is 0 Å². The monoisotopic (exact) mass is 515 g/mol. The molecule has 0 unspecified atom stereocenters. The summed E-state index contributed by atoms with van der Waals surface area (Å²) >= 11 is 0. The molecule has 190 valence electrons. The van der Waals surface area contributed by atoms with Crippen molar-refractivity contribution in [3.8, 4) is 45.6 Å². The number of aryl methyl sites for hydroxylation is 2. The molecule has 0 spiro atoms. The van der Waals surface area contributed by atoms with Gasteiger partial charge in [-0.1, -0.05) is 103 Å². The molecule has 0 radical (unpaired) electrons. The van der Waals surface area contributed by atoms with Crippen molar-refractivity contribution in [2.24, 2.45) is 0 Å².